The molecule has 0 aliphatic heterocycles. The van der Waals surface area contributed by atoms with E-state index < -0.39 is 0 Å². The Labute approximate surface area is 102 Å². The summed E-state index contributed by atoms with van der Waals surface area (Å²) in [6.45, 7) is 5.31. The van der Waals surface area contributed by atoms with Gasteiger partial charge in [-0.25, -0.2) is 4.79 Å². The first-order valence-electron chi connectivity index (χ1n) is 5.75. The quantitative estimate of drug-likeness (QED) is 0.468. The van der Waals surface area contributed by atoms with Crippen molar-refractivity contribution in [2.75, 3.05) is 25.6 Å². The van der Waals surface area contributed by atoms with Crippen LogP contribution in [0.5, 0.6) is 0 Å². The molecule has 1 rings (SSSR count). The Hall–Kier alpha value is -1.55. The molecule has 0 atom stereocenters. The Morgan fingerprint density at radius 1 is 1.24 bits per heavy atom. The Kier molecular flexibility index (Phi) is 5.49. The van der Waals surface area contributed by atoms with E-state index in [2.05, 4.69) is 0 Å². The zero-order valence-corrected chi connectivity index (χ0v) is 10.4. The number of benzene rings is 1. The minimum Gasteiger partial charge on any atom is -0.460 e. The molecule has 4 nitrogen and oxygen atoms in total. The summed E-state index contributed by atoms with van der Waals surface area (Å²) in [5.74, 6) is -0.361. The molecule has 0 unspecified atom stereocenters. The number of carbonyl (C=O) groups is 1. The Bertz CT molecular complexity index is 357. The monoisotopic (exact) mass is 237 g/mol. The summed E-state index contributed by atoms with van der Waals surface area (Å²) in [6, 6.07) is 5.18. The summed E-state index contributed by atoms with van der Waals surface area (Å²) in [7, 11) is 0. The van der Waals surface area contributed by atoms with Crippen molar-refractivity contribution in [1.82, 2.24) is 0 Å². The maximum atomic E-state index is 11.6. The van der Waals surface area contributed by atoms with Crippen LogP contribution in [0.3, 0.4) is 0 Å². The highest BCUT2D eigenvalue weighted by Gasteiger charge is 2.07. The van der Waals surface area contributed by atoms with E-state index in [1.807, 2.05) is 13.8 Å². The second-order valence-corrected chi connectivity index (χ2v) is 3.88. The van der Waals surface area contributed by atoms with Gasteiger partial charge in [0.25, 0.3) is 0 Å². The molecule has 0 amide bonds. The van der Waals surface area contributed by atoms with E-state index >= 15 is 0 Å². The number of hydrogen-bond acceptors (Lipinski definition) is 4. The lowest BCUT2D eigenvalue weighted by atomic mass is 10.1. The standard InChI is InChI=1S/C13H19NO3/c1-3-4-16-5-6-17-13(15)11-7-10(2)8-12(14)9-11/h7-9H,3-6,14H2,1-2H3. The average molecular weight is 237 g/mol. The van der Waals surface area contributed by atoms with Gasteiger partial charge in [0.2, 0.25) is 0 Å². The fourth-order valence-corrected chi connectivity index (χ4v) is 1.45. The second-order valence-electron chi connectivity index (χ2n) is 3.88. The largest absolute Gasteiger partial charge is 0.460 e. The molecule has 1 aromatic rings. The number of esters is 1. The number of rotatable bonds is 6. The van der Waals surface area contributed by atoms with Gasteiger partial charge in [0.05, 0.1) is 12.2 Å². The van der Waals surface area contributed by atoms with Crippen LogP contribution in [0.15, 0.2) is 18.2 Å². The second kappa shape index (κ2) is 6.91. The third kappa shape index (κ3) is 4.87. The van der Waals surface area contributed by atoms with E-state index in [0.29, 0.717) is 24.5 Å². The lowest BCUT2D eigenvalue weighted by Gasteiger charge is -2.06. The van der Waals surface area contributed by atoms with Crippen molar-refractivity contribution in [3.8, 4) is 0 Å². The number of ether oxygens (including phenoxy) is 2. The van der Waals surface area contributed by atoms with Gasteiger partial charge in [0.1, 0.15) is 6.61 Å². The minimum atomic E-state index is -0.361. The molecule has 0 heterocycles. The van der Waals surface area contributed by atoms with Crippen molar-refractivity contribution >= 4 is 11.7 Å². The van der Waals surface area contributed by atoms with Crippen molar-refractivity contribution in [3.63, 3.8) is 0 Å². The van der Waals surface area contributed by atoms with Crippen LogP contribution in [0, 0.1) is 6.92 Å². The summed E-state index contributed by atoms with van der Waals surface area (Å²) in [4.78, 5) is 11.6. The van der Waals surface area contributed by atoms with Gasteiger partial charge in [0.15, 0.2) is 0 Å². The highest BCUT2D eigenvalue weighted by atomic mass is 16.6. The van der Waals surface area contributed by atoms with Crippen LogP contribution >= 0.6 is 0 Å². The van der Waals surface area contributed by atoms with Crippen LogP contribution in [0.2, 0.25) is 0 Å². The normalized spacial score (nSPS) is 10.2. The number of nitrogen functional groups attached to an aromatic ring is 1. The lowest BCUT2D eigenvalue weighted by Crippen LogP contribution is -2.11. The maximum Gasteiger partial charge on any atom is 0.338 e. The highest BCUT2D eigenvalue weighted by molar-refractivity contribution is 5.90. The van der Waals surface area contributed by atoms with Gasteiger partial charge in [-0.1, -0.05) is 6.92 Å². The van der Waals surface area contributed by atoms with Crippen molar-refractivity contribution in [1.29, 1.82) is 0 Å². The molecule has 0 spiro atoms. The van der Waals surface area contributed by atoms with Crippen LogP contribution < -0.4 is 5.73 Å². The lowest BCUT2D eigenvalue weighted by molar-refractivity contribution is 0.0318. The highest BCUT2D eigenvalue weighted by Crippen LogP contribution is 2.12. The molecule has 4 heteroatoms. The topological polar surface area (TPSA) is 61.5 Å². The van der Waals surface area contributed by atoms with Gasteiger partial charge in [-0.3, -0.25) is 0 Å². The summed E-state index contributed by atoms with van der Waals surface area (Å²) in [6.07, 6.45) is 0.961. The van der Waals surface area contributed by atoms with Gasteiger partial charge < -0.3 is 15.2 Å². The molecule has 0 aromatic heterocycles. The van der Waals surface area contributed by atoms with Gasteiger partial charge >= 0.3 is 5.97 Å². The van der Waals surface area contributed by atoms with E-state index in [4.69, 9.17) is 15.2 Å². The van der Waals surface area contributed by atoms with Crippen molar-refractivity contribution in [3.05, 3.63) is 29.3 Å². The van der Waals surface area contributed by atoms with Crippen molar-refractivity contribution in [2.45, 2.75) is 20.3 Å². The smallest absolute Gasteiger partial charge is 0.338 e. The molecular formula is C13H19NO3. The first-order chi connectivity index (χ1) is 8.13. The molecule has 0 bridgehead atoms. The van der Waals surface area contributed by atoms with E-state index in [1.165, 1.54) is 0 Å². The Morgan fingerprint density at radius 2 is 2.00 bits per heavy atom. The van der Waals surface area contributed by atoms with Crippen molar-refractivity contribution < 1.29 is 14.3 Å². The number of aryl methyl sites for hydroxylation is 1. The van der Waals surface area contributed by atoms with Crippen LogP contribution in [0.4, 0.5) is 5.69 Å². The fraction of sp³-hybridized carbons (Fsp3) is 0.462. The molecule has 17 heavy (non-hydrogen) atoms. The van der Waals surface area contributed by atoms with E-state index in [0.717, 1.165) is 12.0 Å². The van der Waals surface area contributed by atoms with Crippen LogP contribution in [0.1, 0.15) is 29.3 Å². The molecule has 0 aliphatic carbocycles. The Balaban J connectivity index is 2.41. The number of carbonyl (C=O) groups excluding carboxylic acids is 1. The molecule has 2 N–H and O–H groups in total. The molecule has 0 saturated heterocycles. The first-order valence-corrected chi connectivity index (χ1v) is 5.75. The third-order valence-corrected chi connectivity index (χ3v) is 2.14. The summed E-state index contributed by atoms with van der Waals surface area (Å²) in [5.41, 5.74) is 7.66. The number of anilines is 1. The van der Waals surface area contributed by atoms with Gasteiger partial charge in [0, 0.05) is 12.3 Å². The van der Waals surface area contributed by atoms with Gasteiger partial charge in [-0.15, -0.1) is 0 Å². The average Bonchev–Trinajstić information content (AvgIpc) is 2.27. The predicted molar refractivity (Wildman–Crippen MR) is 67.0 cm³/mol. The molecule has 94 valence electrons. The molecule has 1 aromatic carbocycles. The first kappa shape index (κ1) is 13.5. The summed E-state index contributed by atoms with van der Waals surface area (Å²) >= 11 is 0. The molecular weight excluding hydrogens is 218 g/mol. The number of hydrogen-bond donors (Lipinski definition) is 1. The summed E-state index contributed by atoms with van der Waals surface area (Å²) < 4.78 is 10.3. The molecule has 0 aliphatic rings. The SMILES string of the molecule is CCCOCCOC(=O)c1cc(C)cc(N)c1. The molecule has 0 saturated carbocycles. The van der Waals surface area contributed by atoms with E-state index in [-0.39, 0.29) is 12.6 Å². The van der Waals surface area contributed by atoms with Crippen LogP contribution in [-0.2, 0) is 9.47 Å². The zero-order valence-electron chi connectivity index (χ0n) is 10.4. The van der Waals surface area contributed by atoms with Crippen molar-refractivity contribution in [2.24, 2.45) is 0 Å². The van der Waals surface area contributed by atoms with Crippen LogP contribution in [-0.4, -0.2) is 25.8 Å². The maximum absolute atomic E-state index is 11.6. The fourth-order valence-electron chi connectivity index (χ4n) is 1.45. The number of nitrogens with two attached hydrogens (primary N) is 1. The third-order valence-electron chi connectivity index (χ3n) is 2.14. The van der Waals surface area contributed by atoms with E-state index in [1.54, 1.807) is 18.2 Å². The molecule has 0 radical (unpaired) electrons. The molecule has 0 fully saturated rings. The van der Waals surface area contributed by atoms with Crippen LogP contribution in [0.25, 0.3) is 0 Å². The Morgan fingerprint density at radius 3 is 2.65 bits per heavy atom. The van der Waals surface area contributed by atoms with E-state index in [9.17, 15) is 4.79 Å². The predicted octanol–water partition coefficient (Wildman–Crippen LogP) is 2.16. The minimum absolute atomic E-state index is 0.271. The zero-order chi connectivity index (χ0) is 12.7. The van der Waals surface area contributed by atoms with Gasteiger partial charge in [-0.05, 0) is 37.1 Å². The summed E-state index contributed by atoms with van der Waals surface area (Å²) in [5, 5.41) is 0. The van der Waals surface area contributed by atoms with Gasteiger partial charge in [-0.2, -0.15) is 0 Å².